The monoisotopic (exact) mass is 346 g/mol. The van der Waals surface area contributed by atoms with Gasteiger partial charge in [0.05, 0.1) is 0 Å². The molecular weight excluding hydrogens is 324 g/mol. The zero-order chi connectivity index (χ0) is 17.8. The van der Waals surface area contributed by atoms with E-state index < -0.39 is 18.2 Å². The smallest absolute Gasteiger partial charge is 0.332 e. The number of nitrogens with one attached hydrogen (secondary N) is 1. The number of carbonyl (C=O) groups excluding carboxylic acids is 2. The number of carboxylic acids is 1. The van der Waals surface area contributed by atoms with Crippen LogP contribution in [0.5, 0.6) is 0 Å². The predicted molar refractivity (Wildman–Crippen MR) is 88.5 cm³/mol. The Balaban J connectivity index is 1.46. The first kappa shape index (κ1) is 17.4. The molecule has 7 nitrogen and oxygen atoms in total. The molecule has 0 unspecified atom stereocenters. The third-order valence-corrected chi connectivity index (χ3v) is 4.62. The summed E-state index contributed by atoms with van der Waals surface area (Å²) in [7, 11) is 0. The first-order chi connectivity index (χ1) is 12.0. The maximum atomic E-state index is 12.0. The van der Waals surface area contributed by atoms with Gasteiger partial charge in [0, 0.05) is 26.1 Å². The molecule has 2 amide bonds. The van der Waals surface area contributed by atoms with Crippen LogP contribution in [0.25, 0.3) is 0 Å². The van der Waals surface area contributed by atoms with Gasteiger partial charge in [0.15, 0.2) is 6.10 Å². The van der Waals surface area contributed by atoms with Crippen molar-refractivity contribution >= 4 is 17.8 Å². The largest absolute Gasteiger partial charge is 0.479 e. The zero-order valence-electron chi connectivity index (χ0n) is 13.9. The van der Waals surface area contributed by atoms with E-state index in [-0.39, 0.29) is 11.8 Å². The highest BCUT2D eigenvalue weighted by Crippen LogP contribution is 2.20. The van der Waals surface area contributed by atoms with E-state index in [1.807, 2.05) is 29.2 Å². The van der Waals surface area contributed by atoms with Gasteiger partial charge in [-0.05, 0) is 30.4 Å². The van der Waals surface area contributed by atoms with Crippen molar-refractivity contribution in [3.63, 3.8) is 0 Å². The van der Waals surface area contributed by atoms with Crippen molar-refractivity contribution in [2.45, 2.75) is 51.0 Å². The Hall–Kier alpha value is -2.41. The van der Waals surface area contributed by atoms with Gasteiger partial charge < -0.3 is 20.1 Å². The van der Waals surface area contributed by atoms with E-state index in [1.165, 1.54) is 0 Å². The summed E-state index contributed by atoms with van der Waals surface area (Å²) < 4.78 is 5.23. The number of carbonyl (C=O) groups is 3. The van der Waals surface area contributed by atoms with Gasteiger partial charge >= 0.3 is 5.97 Å². The van der Waals surface area contributed by atoms with E-state index in [0.29, 0.717) is 32.4 Å². The Morgan fingerprint density at radius 2 is 1.84 bits per heavy atom. The highest BCUT2D eigenvalue weighted by Gasteiger charge is 2.34. The number of carboxylic acid groups (broad SMARTS) is 1. The molecule has 2 saturated heterocycles. The molecule has 0 aromatic heterocycles. The van der Waals surface area contributed by atoms with Gasteiger partial charge in [0.25, 0.3) is 0 Å². The Morgan fingerprint density at radius 3 is 2.44 bits per heavy atom. The molecule has 2 fully saturated rings. The van der Waals surface area contributed by atoms with Crippen LogP contribution in [0.2, 0.25) is 0 Å². The number of benzene rings is 1. The summed E-state index contributed by atoms with van der Waals surface area (Å²) in [5, 5.41) is 11.7. The van der Waals surface area contributed by atoms with Gasteiger partial charge in [0.1, 0.15) is 6.10 Å². The molecule has 1 aromatic rings. The fourth-order valence-electron chi connectivity index (χ4n) is 3.17. The van der Waals surface area contributed by atoms with Gasteiger partial charge in [-0.2, -0.15) is 0 Å². The summed E-state index contributed by atoms with van der Waals surface area (Å²) in [6.45, 7) is 1.80. The lowest BCUT2D eigenvalue weighted by molar-refractivity contribution is -0.151. The molecule has 25 heavy (non-hydrogen) atoms. The van der Waals surface area contributed by atoms with Crippen LogP contribution in [-0.2, 0) is 32.2 Å². The van der Waals surface area contributed by atoms with Gasteiger partial charge in [0.2, 0.25) is 11.8 Å². The molecule has 1 aromatic carbocycles. The highest BCUT2D eigenvalue weighted by atomic mass is 16.5. The highest BCUT2D eigenvalue weighted by molar-refractivity contribution is 5.82. The molecule has 0 radical (unpaired) electrons. The Morgan fingerprint density at radius 1 is 1.16 bits per heavy atom. The summed E-state index contributed by atoms with van der Waals surface area (Å²) in [4.78, 5) is 36.4. The average molecular weight is 346 g/mol. The number of nitrogens with zero attached hydrogens (tertiary/aromatic N) is 1. The first-order valence-electron chi connectivity index (χ1n) is 8.54. The lowest BCUT2D eigenvalue weighted by Gasteiger charge is -2.16. The molecule has 3 rings (SSSR count). The number of hydrogen-bond acceptors (Lipinski definition) is 4. The van der Waals surface area contributed by atoms with Crippen molar-refractivity contribution in [2.24, 2.45) is 0 Å². The van der Waals surface area contributed by atoms with E-state index in [1.54, 1.807) is 0 Å². The lowest BCUT2D eigenvalue weighted by Crippen LogP contribution is -2.35. The molecule has 0 saturated carbocycles. The van der Waals surface area contributed by atoms with Crippen molar-refractivity contribution in [3.8, 4) is 0 Å². The molecule has 0 bridgehead atoms. The van der Waals surface area contributed by atoms with E-state index >= 15 is 0 Å². The van der Waals surface area contributed by atoms with Crippen LogP contribution < -0.4 is 5.32 Å². The van der Waals surface area contributed by atoms with E-state index in [4.69, 9.17) is 9.84 Å². The minimum atomic E-state index is -1.03. The quantitative estimate of drug-likeness (QED) is 0.803. The van der Waals surface area contributed by atoms with Crippen molar-refractivity contribution in [1.29, 1.82) is 0 Å². The molecule has 2 aliphatic rings. The van der Waals surface area contributed by atoms with Gasteiger partial charge in [-0.25, -0.2) is 4.79 Å². The predicted octanol–water partition coefficient (Wildman–Crippen LogP) is 1.06. The minimum Gasteiger partial charge on any atom is -0.479 e. The molecule has 2 aliphatic heterocycles. The van der Waals surface area contributed by atoms with Crippen LogP contribution in [0.1, 0.15) is 36.8 Å². The number of likely N-dealkylation sites (tertiary alicyclic amines) is 1. The van der Waals surface area contributed by atoms with Gasteiger partial charge in [-0.1, -0.05) is 24.3 Å². The molecular formula is C18H22N2O5. The maximum absolute atomic E-state index is 12.0. The summed E-state index contributed by atoms with van der Waals surface area (Å²) in [6, 6.07) is 7.76. The number of ether oxygens (including phenoxy) is 1. The number of rotatable bonds is 6. The van der Waals surface area contributed by atoms with E-state index in [9.17, 15) is 14.4 Å². The molecule has 2 atom stereocenters. The summed E-state index contributed by atoms with van der Waals surface area (Å²) >= 11 is 0. The second kappa shape index (κ2) is 7.65. The van der Waals surface area contributed by atoms with E-state index in [2.05, 4.69) is 5.32 Å². The molecule has 2 heterocycles. The first-order valence-corrected chi connectivity index (χ1v) is 8.54. The number of aliphatic carboxylic acids is 1. The molecule has 0 spiro atoms. The molecule has 2 N–H and O–H groups in total. The van der Waals surface area contributed by atoms with Crippen molar-refractivity contribution in [2.75, 3.05) is 6.54 Å². The van der Waals surface area contributed by atoms with Crippen LogP contribution >= 0.6 is 0 Å². The van der Waals surface area contributed by atoms with Crippen LogP contribution in [0.15, 0.2) is 24.3 Å². The minimum absolute atomic E-state index is 0.201. The topological polar surface area (TPSA) is 95.9 Å². The molecule has 134 valence electrons. The van der Waals surface area contributed by atoms with Crippen molar-refractivity contribution in [1.82, 2.24) is 10.2 Å². The van der Waals surface area contributed by atoms with Crippen LogP contribution in [-0.4, -0.2) is 46.5 Å². The second-order valence-electron chi connectivity index (χ2n) is 6.48. The Kier molecular flexibility index (Phi) is 5.33. The summed E-state index contributed by atoms with van der Waals surface area (Å²) in [5.41, 5.74) is 2.01. The fourth-order valence-corrected chi connectivity index (χ4v) is 3.17. The third-order valence-electron chi connectivity index (χ3n) is 4.62. The normalized spacial score (nSPS) is 23.0. The average Bonchev–Trinajstić information content (AvgIpc) is 3.24. The van der Waals surface area contributed by atoms with Crippen molar-refractivity contribution < 1.29 is 24.2 Å². The Labute approximate surface area is 146 Å². The van der Waals surface area contributed by atoms with Crippen LogP contribution in [0.4, 0.5) is 0 Å². The van der Waals surface area contributed by atoms with Gasteiger partial charge in [-0.15, -0.1) is 0 Å². The van der Waals surface area contributed by atoms with Crippen LogP contribution in [0, 0.1) is 0 Å². The number of amides is 2. The second-order valence-corrected chi connectivity index (χ2v) is 6.48. The third kappa shape index (κ3) is 4.36. The van der Waals surface area contributed by atoms with Gasteiger partial charge in [-0.3, -0.25) is 9.59 Å². The maximum Gasteiger partial charge on any atom is 0.332 e. The van der Waals surface area contributed by atoms with Crippen LogP contribution in [0.3, 0.4) is 0 Å². The van der Waals surface area contributed by atoms with Crippen molar-refractivity contribution in [3.05, 3.63) is 35.4 Å². The lowest BCUT2D eigenvalue weighted by atomic mass is 10.1. The number of hydrogen-bond donors (Lipinski definition) is 2. The fraction of sp³-hybridized carbons (Fsp3) is 0.500. The standard InChI is InChI=1S/C18H22N2O5/c21-16-2-1-9-20(16)11-13-5-3-12(4-6-13)10-19-17(22)14-7-8-15(25-14)18(23)24/h3-6,14-15H,1-2,7-11H2,(H,19,22)(H,23,24)/t14-,15+/m0/s1. The summed E-state index contributed by atoms with van der Waals surface area (Å²) in [6.07, 6.45) is 0.762. The SMILES string of the molecule is O=C(NCc1ccc(CN2CCCC2=O)cc1)[C@@H]1CC[C@H](C(=O)O)O1. The summed E-state index contributed by atoms with van der Waals surface area (Å²) in [5.74, 6) is -1.11. The molecule has 0 aliphatic carbocycles. The Bertz CT molecular complexity index is 658. The van der Waals surface area contributed by atoms with E-state index in [0.717, 1.165) is 24.1 Å². The zero-order valence-corrected chi connectivity index (χ0v) is 13.9. The molecule has 7 heteroatoms.